The van der Waals surface area contributed by atoms with Gasteiger partial charge in [-0.15, -0.1) is 0 Å². The van der Waals surface area contributed by atoms with Crippen molar-refractivity contribution in [3.05, 3.63) is 83.6 Å². The summed E-state index contributed by atoms with van der Waals surface area (Å²) < 4.78 is 0. The van der Waals surface area contributed by atoms with E-state index >= 15 is 0 Å². The van der Waals surface area contributed by atoms with Crippen molar-refractivity contribution >= 4 is 11.8 Å². The summed E-state index contributed by atoms with van der Waals surface area (Å²) in [4.78, 5) is 26.8. The monoisotopic (exact) mass is 377 g/mol. The molecule has 1 saturated heterocycles. The first-order chi connectivity index (χ1) is 13.6. The van der Waals surface area contributed by atoms with Crippen molar-refractivity contribution in [2.75, 3.05) is 13.1 Å². The Morgan fingerprint density at radius 3 is 2.18 bits per heavy atom. The number of nitrogens with zero attached hydrogens (tertiary/aromatic N) is 1. The topological polar surface area (TPSA) is 75.4 Å². The molecule has 146 valence electrons. The number of hydrogen-bond acceptors (Lipinski definition) is 3. The van der Waals surface area contributed by atoms with E-state index in [1.165, 1.54) is 6.42 Å². The molecule has 5 heteroatoms. The molecule has 1 aliphatic rings. The summed E-state index contributed by atoms with van der Waals surface area (Å²) in [5.74, 6) is -0.495. The largest absolute Gasteiger partial charge is 0.373 e. The molecule has 0 radical (unpaired) electrons. The van der Waals surface area contributed by atoms with Crippen LogP contribution >= 0.6 is 0 Å². The molecule has 28 heavy (non-hydrogen) atoms. The zero-order valence-corrected chi connectivity index (χ0v) is 16.0. The molecule has 0 unspecified atom stereocenters. The van der Waals surface area contributed by atoms with Crippen LogP contribution in [-0.4, -0.2) is 29.8 Å². The predicted molar refractivity (Wildman–Crippen MR) is 110 cm³/mol. The van der Waals surface area contributed by atoms with Crippen molar-refractivity contribution in [1.82, 2.24) is 10.2 Å². The summed E-state index contributed by atoms with van der Waals surface area (Å²) in [6.07, 6.45) is 5.39. The van der Waals surface area contributed by atoms with E-state index in [4.69, 9.17) is 5.73 Å². The van der Waals surface area contributed by atoms with Crippen LogP contribution in [0.1, 0.15) is 36.4 Å². The van der Waals surface area contributed by atoms with Crippen LogP contribution in [0.2, 0.25) is 0 Å². The molecule has 1 fully saturated rings. The Morgan fingerprint density at radius 2 is 1.57 bits per heavy atom. The quantitative estimate of drug-likeness (QED) is 0.729. The predicted octanol–water partition coefficient (Wildman–Crippen LogP) is 2.94. The molecule has 1 aliphatic heterocycles. The molecule has 5 nitrogen and oxygen atoms in total. The lowest BCUT2D eigenvalue weighted by atomic mass is 10.0. The Balaban J connectivity index is 1.85. The fourth-order valence-electron chi connectivity index (χ4n) is 3.46. The average molecular weight is 377 g/mol. The Bertz CT molecular complexity index is 812. The minimum Gasteiger partial charge on any atom is -0.373 e. The fraction of sp³-hybridized carbons (Fsp3) is 0.304. The molecular formula is C23H27N3O2. The van der Waals surface area contributed by atoms with Gasteiger partial charge >= 0.3 is 0 Å². The lowest BCUT2D eigenvalue weighted by molar-refractivity contribution is -0.127. The van der Waals surface area contributed by atoms with Crippen molar-refractivity contribution in [2.24, 2.45) is 5.73 Å². The van der Waals surface area contributed by atoms with Crippen LogP contribution in [0, 0.1) is 0 Å². The molecule has 2 amide bonds. The molecule has 3 rings (SSSR count). The summed E-state index contributed by atoms with van der Waals surface area (Å²) in [6.45, 7) is 1.57. The van der Waals surface area contributed by atoms with Gasteiger partial charge in [0.15, 0.2) is 0 Å². The zero-order chi connectivity index (χ0) is 19.8. The van der Waals surface area contributed by atoms with Gasteiger partial charge in [-0.3, -0.25) is 9.59 Å². The number of hydrogen-bond donors (Lipinski definition) is 2. The highest BCUT2D eigenvalue weighted by atomic mass is 16.2. The molecule has 0 spiro atoms. The van der Waals surface area contributed by atoms with E-state index in [1.54, 1.807) is 6.08 Å². The molecular weight excluding hydrogens is 350 g/mol. The van der Waals surface area contributed by atoms with Gasteiger partial charge in [0.2, 0.25) is 11.8 Å². The lowest BCUT2D eigenvalue weighted by Crippen LogP contribution is -2.37. The summed E-state index contributed by atoms with van der Waals surface area (Å²) in [5.41, 5.74) is 8.19. The van der Waals surface area contributed by atoms with E-state index < -0.39 is 11.9 Å². The molecule has 0 bridgehead atoms. The minimum absolute atomic E-state index is 0.0191. The highest BCUT2D eigenvalue weighted by Gasteiger charge is 2.20. The molecule has 0 aliphatic carbocycles. The fourth-order valence-corrected chi connectivity index (χ4v) is 3.46. The molecule has 1 atom stereocenters. The SMILES string of the molecule is NC(=O)[C@@H](N/C(=C\C(=O)N1CCCCC1)Cc1ccccc1)c1ccccc1. The second kappa shape index (κ2) is 9.74. The van der Waals surface area contributed by atoms with Gasteiger partial charge in [-0.25, -0.2) is 0 Å². The van der Waals surface area contributed by atoms with Crippen LogP contribution in [0.15, 0.2) is 72.4 Å². The van der Waals surface area contributed by atoms with E-state index in [-0.39, 0.29) is 5.91 Å². The summed E-state index contributed by atoms with van der Waals surface area (Å²) in [7, 11) is 0. The number of benzene rings is 2. The van der Waals surface area contributed by atoms with Crippen molar-refractivity contribution in [1.29, 1.82) is 0 Å². The number of nitrogens with two attached hydrogens (primary N) is 1. The molecule has 1 heterocycles. The van der Waals surface area contributed by atoms with Crippen molar-refractivity contribution < 1.29 is 9.59 Å². The number of piperidine rings is 1. The van der Waals surface area contributed by atoms with E-state index in [9.17, 15) is 9.59 Å². The number of carbonyl (C=O) groups is 2. The maximum atomic E-state index is 12.8. The Kier molecular flexibility index (Phi) is 6.84. The summed E-state index contributed by atoms with van der Waals surface area (Å²) in [5, 5.41) is 3.23. The first-order valence-electron chi connectivity index (χ1n) is 9.77. The third-order valence-electron chi connectivity index (χ3n) is 4.95. The van der Waals surface area contributed by atoms with Gasteiger partial charge in [0.1, 0.15) is 6.04 Å². The number of primary amides is 1. The van der Waals surface area contributed by atoms with Crippen molar-refractivity contribution in [2.45, 2.75) is 31.7 Å². The molecule has 0 aromatic heterocycles. The zero-order valence-electron chi connectivity index (χ0n) is 16.0. The second-order valence-electron chi connectivity index (χ2n) is 7.11. The van der Waals surface area contributed by atoms with E-state index in [0.717, 1.165) is 37.1 Å². The van der Waals surface area contributed by atoms with E-state index in [2.05, 4.69) is 5.32 Å². The van der Waals surface area contributed by atoms with Crippen molar-refractivity contribution in [3.8, 4) is 0 Å². The Hall–Kier alpha value is -3.08. The highest BCUT2D eigenvalue weighted by Crippen LogP contribution is 2.17. The number of rotatable bonds is 7. The van der Waals surface area contributed by atoms with Gasteiger partial charge in [0.25, 0.3) is 0 Å². The van der Waals surface area contributed by atoms with E-state index in [1.807, 2.05) is 65.6 Å². The summed E-state index contributed by atoms with van der Waals surface area (Å²) >= 11 is 0. The number of allylic oxidation sites excluding steroid dienone is 1. The van der Waals surface area contributed by atoms with Crippen LogP contribution < -0.4 is 11.1 Å². The first-order valence-corrected chi connectivity index (χ1v) is 9.77. The summed E-state index contributed by atoms with van der Waals surface area (Å²) in [6, 6.07) is 18.5. The van der Waals surface area contributed by atoms with Gasteiger partial charge in [0, 0.05) is 31.3 Å². The molecule has 2 aromatic rings. The standard InChI is InChI=1S/C23H27N3O2/c24-23(28)22(19-12-6-2-7-13-19)25-20(16-18-10-4-1-5-11-18)17-21(27)26-14-8-3-9-15-26/h1-2,4-7,10-13,17,22,25H,3,8-9,14-16H2,(H2,24,28)/b20-17-/t22-/m0/s1. The van der Waals surface area contributed by atoms with Gasteiger partial charge in [0.05, 0.1) is 0 Å². The number of nitrogens with one attached hydrogen (secondary N) is 1. The van der Waals surface area contributed by atoms with Gasteiger partial charge in [-0.05, 0) is 30.4 Å². The molecule has 2 aromatic carbocycles. The highest BCUT2D eigenvalue weighted by molar-refractivity contribution is 5.88. The van der Waals surface area contributed by atoms with Gasteiger partial charge in [-0.1, -0.05) is 60.7 Å². The molecule has 0 saturated carbocycles. The third-order valence-corrected chi connectivity index (χ3v) is 4.95. The van der Waals surface area contributed by atoms with Crippen LogP contribution in [0.5, 0.6) is 0 Å². The lowest BCUT2D eigenvalue weighted by Gasteiger charge is -2.26. The van der Waals surface area contributed by atoms with Gasteiger partial charge in [-0.2, -0.15) is 0 Å². The smallest absolute Gasteiger partial charge is 0.248 e. The average Bonchev–Trinajstić information content (AvgIpc) is 2.73. The van der Waals surface area contributed by atoms with Gasteiger partial charge < -0.3 is 16.0 Å². The van der Waals surface area contributed by atoms with Crippen LogP contribution in [-0.2, 0) is 16.0 Å². The minimum atomic E-state index is -0.690. The third kappa shape index (κ3) is 5.46. The second-order valence-corrected chi connectivity index (χ2v) is 7.11. The Morgan fingerprint density at radius 1 is 0.964 bits per heavy atom. The maximum Gasteiger partial charge on any atom is 0.248 e. The van der Waals surface area contributed by atoms with Crippen LogP contribution in [0.3, 0.4) is 0 Å². The maximum absolute atomic E-state index is 12.8. The van der Waals surface area contributed by atoms with Crippen LogP contribution in [0.4, 0.5) is 0 Å². The normalized spacial score (nSPS) is 15.7. The van der Waals surface area contributed by atoms with Crippen molar-refractivity contribution in [3.63, 3.8) is 0 Å². The first kappa shape index (κ1) is 19.7. The Labute approximate surface area is 166 Å². The molecule has 3 N–H and O–H groups in total. The number of carbonyl (C=O) groups excluding carboxylic acids is 2. The number of amides is 2. The van der Waals surface area contributed by atoms with E-state index in [0.29, 0.717) is 12.1 Å². The number of likely N-dealkylation sites (tertiary alicyclic amines) is 1. The van der Waals surface area contributed by atoms with Crippen LogP contribution in [0.25, 0.3) is 0 Å².